The van der Waals surface area contributed by atoms with Crippen LogP contribution < -0.4 is 0 Å². The Morgan fingerprint density at radius 2 is 1.93 bits per heavy atom. The van der Waals surface area contributed by atoms with Crippen molar-refractivity contribution in [1.82, 2.24) is 0 Å². The molecule has 0 aliphatic carbocycles. The van der Waals surface area contributed by atoms with Gasteiger partial charge in [-0.3, -0.25) is 0 Å². The molecule has 1 aromatic carbocycles. The van der Waals surface area contributed by atoms with Gasteiger partial charge in [0.1, 0.15) is 5.82 Å². The van der Waals surface area contributed by atoms with Gasteiger partial charge in [-0.25, -0.2) is 4.39 Å². The Labute approximate surface area is 87.0 Å². The monoisotopic (exact) mass is 206 g/mol. The van der Waals surface area contributed by atoms with Crippen molar-refractivity contribution in [2.75, 3.05) is 0 Å². The summed E-state index contributed by atoms with van der Waals surface area (Å²) in [6.45, 7) is 4.01. The molecule has 0 saturated heterocycles. The largest absolute Gasteiger partial charge is 0.207 e. The molecular weight excluding hydrogens is 195 g/mol. The molecule has 0 N–H and O–H groups in total. The molecule has 2 rings (SSSR count). The predicted molar refractivity (Wildman–Crippen MR) is 59.2 cm³/mol. The van der Waals surface area contributed by atoms with Crippen LogP contribution in [0.5, 0.6) is 0 Å². The van der Waals surface area contributed by atoms with E-state index in [1.807, 2.05) is 13.0 Å². The quantitative estimate of drug-likeness (QED) is 0.657. The average Bonchev–Trinajstić information content (AvgIpc) is 2.51. The third-order valence-corrected chi connectivity index (χ3v) is 3.09. The highest BCUT2D eigenvalue weighted by molar-refractivity contribution is 7.10. The highest BCUT2D eigenvalue weighted by Crippen LogP contribution is 2.28. The normalized spacial score (nSPS) is 10.5. The van der Waals surface area contributed by atoms with Crippen molar-refractivity contribution < 1.29 is 4.39 Å². The van der Waals surface area contributed by atoms with Crippen molar-refractivity contribution in [2.24, 2.45) is 0 Å². The maximum Gasteiger partial charge on any atom is 0.123 e. The second kappa shape index (κ2) is 3.54. The Balaban J connectivity index is 2.52. The Morgan fingerprint density at radius 3 is 2.50 bits per heavy atom. The lowest BCUT2D eigenvalue weighted by molar-refractivity contribution is 0.627. The van der Waals surface area contributed by atoms with Gasteiger partial charge >= 0.3 is 0 Å². The zero-order chi connectivity index (χ0) is 10.1. The van der Waals surface area contributed by atoms with Gasteiger partial charge in [-0.2, -0.15) is 0 Å². The van der Waals surface area contributed by atoms with Gasteiger partial charge in [0.05, 0.1) is 0 Å². The molecule has 0 radical (unpaired) electrons. The number of rotatable bonds is 1. The van der Waals surface area contributed by atoms with Crippen molar-refractivity contribution in [2.45, 2.75) is 13.8 Å². The van der Waals surface area contributed by atoms with Crippen molar-refractivity contribution in [1.29, 1.82) is 0 Å². The maximum absolute atomic E-state index is 12.9. The van der Waals surface area contributed by atoms with Crippen molar-refractivity contribution in [3.8, 4) is 11.1 Å². The average molecular weight is 206 g/mol. The number of halogens is 1. The van der Waals surface area contributed by atoms with E-state index in [4.69, 9.17) is 0 Å². The molecule has 0 atom stereocenters. The zero-order valence-electron chi connectivity index (χ0n) is 8.17. The molecule has 0 aliphatic rings. The third kappa shape index (κ3) is 1.70. The molecular formula is C12H11FS. The predicted octanol–water partition coefficient (Wildman–Crippen LogP) is 4.17. The summed E-state index contributed by atoms with van der Waals surface area (Å²) < 4.78 is 12.9. The van der Waals surface area contributed by atoms with Gasteiger partial charge in [0, 0.05) is 4.88 Å². The van der Waals surface area contributed by atoms with E-state index in [0.717, 1.165) is 11.1 Å². The lowest BCUT2D eigenvalue weighted by Gasteiger charge is -2.02. The van der Waals surface area contributed by atoms with Crippen LogP contribution in [0.3, 0.4) is 0 Å². The Bertz CT molecular complexity index is 457. The lowest BCUT2D eigenvalue weighted by Crippen LogP contribution is -1.82. The molecule has 2 heteroatoms. The molecule has 0 nitrogen and oxygen atoms in total. The number of aryl methyl sites for hydroxylation is 2. The SMILES string of the molecule is Cc1cc(-c2ccc(F)cc2C)cs1. The standard InChI is InChI=1S/C12H11FS/c1-8-5-11(13)3-4-12(8)10-6-9(2)14-7-10/h3-7H,1-2H3. The molecule has 0 unspecified atom stereocenters. The minimum Gasteiger partial charge on any atom is -0.207 e. The minimum absolute atomic E-state index is 0.168. The first-order chi connectivity index (χ1) is 6.66. The van der Waals surface area contributed by atoms with Crippen LogP contribution in [-0.4, -0.2) is 0 Å². The van der Waals surface area contributed by atoms with Crippen LogP contribution in [0, 0.1) is 19.7 Å². The van der Waals surface area contributed by atoms with Crippen LogP contribution in [0.25, 0.3) is 11.1 Å². The summed E-state index contributed by atoms with van der Waals surface area (Å²) in [5.74, 6) is -0.168. The highest BCUT2D eigenvalue weighted by atomic mass is 32.1. The highest BCUT2D eigenvalue weighted by Gasteiger charge is 2.04. The molecule has 0 spiro atoms. The van der Waals surface area contributed by atoms with Crippen molar-refractivity contribution >= 4 is 11.3 Å². The molecule has 1 aromatic heterocycles. The summed E-state index contributed by atoms with van der Waals surface area (Å²) in [4.78, 5) is 1.28. The summed E-state index contributed by atoms with van der Waals surface area (Å²) in [5, 5.41) is 2.11. The van der Waals surface area contributed by atoms with Gasteiger partial charge in [-0.05, 0) is 54.1 Å². The topological polar surface area (TPSA) is 0 Å². The van der Waals surface area contributed by atoms with Gasteiger partial charge in [-0.1, -0.05) is 6.07 Å². The molecule has 0 amide bonds. The van der Waals surface area contributed by atoms with Crippen molar-refractivity contribution in [3.63, 3.8) is 0 Å². The van der Waals surface area contributed by atoms with Crippen LogP contribution in [0.1, 0.15) is 10.4 Å². The maximum atomic E-state index is 12.9. The van der Waals surface area contributed by atoms with Crippen LogP contribution in [0.2, 0.25) is 0 Å². The van der Waals surface area contributed by atoms with E-state index in [2.05, 4.69) is 18.4 Å². The summed E-state index contributed by atoms with van der Waals surface area (Å²) in [7, 11) is 0. The molecule has 0 fully saturated rings. The first kappa shape index (κ1) is 9.41. The number of benzene rings is 1. The fraction of sp³-hybridized carbons (Fsp3) is 0.167. The summed E-state index contributed by atoms with van der Waals surface area (Å²) in [5.41, 5.74) is 3.29. The minimum atomic E-state index is -0.168. The summed E-state index contributed by atoms with van der Waals surface area (Å²) in [6.07, 6.45) is 0. The molecule has 0 saturated carbocycles. The molecule has 14 heavy (non-hydrogen) atoms. The van der Waals surface area contributed by atoms with E-state index < -0.39 is 0 Å². The van der Waals surface area contributed by atoms with E-state index in [9.17, 15) is 4.39 Å². The Kier molecular flexibility index (Phi) is 2.38. The van der Waals surface area contributed by atoms with Gasteiger partial charge < -0.3 is 0 Å². The van der Waals surface area contributed by atoms with E-state index in [1.54, 1.807) is 17.4 Å². The van der Waals surface area contributed by atoms with Gasteiger partial charge in [0.15, 0.2) is 0 Å². The fourth-order valence-corrected chi connectivity index (χ4v) is 2.24. The molecule has 1 heterocycles. The lowest BCUT2D eigenvalue weighted by atomic mass is 10.0. The second-order valence-electron chi connectivity index (χ2n) is 3.41. The summed E-state index contributed by atoms with van der Waals surface area (Å²) >= 11 is 1.72. The Hall–Kier alpha value is -1.15. The third-order valence-electron chi connectivity index (χ3n) is 2.23. The van der Waals surface area contributed by atoms with E-state index in [1.165, 1.54) is 16.5 Å². The van der Waals surface area contributed by atoms with Gasteiger partial charge in [-0.15, -0.1) is 11.3 Å². The second-order valence-corrected chi connectivity index (χ2v) is 4.52. The Morgan fingerprint density at radius 1 is 1.14 bits per heavy atom. The van der Waals surface area contributed by atoms with E-state index in [0.29, 0.717) is 0 Å². The van der Waals surface area contributed by atoms with E-state index >= 15 is 0 Å². The van der Waals surface area contributed by atoms with Crippen molar-refractivity contribution in [3.05, 3.63) is 45.9 Å². The van der Waals surface area contributed by atoms with Crippen LogP contribution in [-0.2, 0) is 0 Å². The number of hydrogen-bond donors (Lipinski definition) is 0. The van der Waals surface area contributed by atoms with Crippen LogP contribution in [0.4, 0.5) is 4.39 Å². The molecule has 0 bridgehead atoms. The first-order valence-corrected chi connectivity index (χ1v) is 5.36. The van der Waals surface area contributed by atoms with Gasteiger partial charge in [0.25, 0.3) is 0 Å². The number of hydrogen-bond acceptors (Lipinski definition) is 1. The fourth-order valence-electron chi connectivity index (χ4n) is 1.54. The zero-order valence-corrected chi connectivity index (χ0v) is 8.99. The molecule has 2 aromatic rings. The summed E-state index contributed by atoms with van der Waals surface area (Å²) in [6, 6.07) is 7.05. The first-order valence-electron chi connectivity index (χ1n) is 4.48. The van der Waals surface area contributed by atoms with Gasteiger partial charge in [0.2, 0.25) is 0 Å². The number of thiophene rings is 1. The molecule has 72 valence electrons. The smallest absolute Gasteiger partial charge is 0.123 e. The van der Waals surface area contributed by atoms with Crippen LogP contribution in [0.15, 0.2) is 29.6 Å². The van der Waals surface area contributed by atoms with E-state index in [-0.39, 0.29) is 5.82 Å². The van der Waals surface area contributed by atoms with Crippen LogP contribution >= 0.6 is 11.3 Å². The molecule has 0 aliphatic heterocycles.